The predicted octanol–water partition coefficient (Wildman–Crippen LogP) is 5.43. The van der Waals surface area contributed by atoms with E-state index in [1.807, 2.05) is 27.7 Å². The minimum Gasteiger partial charge on any atom is -0.384 e. The van der Waals surface area contributed by atoms with Crippen molar-refractivity contribution in [1.82, 2.24) is 0 Å². The Morgan fingerprint density at radius 1 is 1.11 bits per heavy atom. The Hall–Kier alpha value is -1.03. The zero-order valence-corrected chi connectivity index (χ0v) is 13.0. The molecule has 0 saturated heterocycles. The number of hydrogen-bond acceptors (Lipinski definition) is 1. The topological polar surface area (TPSA) is 20.2 Å². The Labute approximate surface area is 115 Å². The fourth-order valence-corrected chi connectivity index (χ4v) is 0.887. The van der Waals surface area contributed by atoms with Gasteiger partial charge < -0.3 is 5.11 Å². The van der Waals surface area contributed by atoms with Crippen molar-refractivity contribution in [2.24, 2.45) is 0 Å². The molecule has 4 heteroatoms. The lowest BCUT2D eigenvalue weighted by Crippen LogP contribution is -2.44. The lowest BCUT2D eigenvalue weighted by atomic mass is 9.92. The molecule has 0 aromatic rings. The monoisotopic (exact) mass is 280 g/mol. The van der Waals surface area contributed by atoms with Crippen LogP contribution in [-0.2, 0) is 0 Å². The number of aliphatic hydroxyl groups is 1. The summed E-state index contributed by atoms with van der Waals surface area (Å²) in [5.74, 6) is -4.93. The molecule has 0 aromatic carbocycles. The second kappa shape index (κ2) is 10.9. The van der Waals surface area contributed by atoms with Gasteiger partial charge in [0, 0.05) is 0 Å². The highest BCUT2D eigenvalue weighted by Crippen LogP contribution is 2.38. The van der Waals surface area contributed by atoms with Crippen LogP contribution in [0.1, 0.15) is 48.5 Å². The average Bonchev–Trinajstić information content (AvgIpc) is 2.32. The first-order chi connectivity index (χ1) is 8.64. The number of allylic oxidation sites excluding steroid dienone is 4. The minimum atomic E-state index is -3.68. The molecule has 1 nitrogen and oxygen atoms in total. The summed E-state index contributed by atoms with van der Waals surface area (Å²) in [5.41, 5.74) is -3.25. The number of rotatable bonds is 4. The maximum absolute atomic E-state index is 13.5. The van der Waals surface area contributed by atoms with Crippen molar-refractivity contribution >= 4 is 0 Å². The van der Waals surface area contributed by atoms with Crippen LogP contribution in [0.15, 0.2) is 36.2 Å². The molecule has 0 aromatic heterocycles. The van der Waals surface area contributed by atoms with E-state index in [1.165, 1.54) is 12.2 Å². The molecule has 114 valence electrons. The molecular formula is C15H27F3O. The largest absolute Gasteiger partial charge is 0.384 e. The van der Waals surface area contributed by atoms with Crippen LogP contribution in [-0.4, -0.2) is 16.6 Å². The molecule has 0 radical (unpaired) electrons. The zero-order valence-electron chi connectivity index (χ0n) is 13.0. The highest BCUT2D eigenvalue weighted by Gasteiger charge is 2.49. The Balaban J connectivity index is -0.000000579. The van der Waals surface area contributed by atoms with Gasteiger partial charge in [0.25, 0.3) is 0 Å². The third-order valence-corrected chi connectivity index (χ3v) is 1.85. The Morgan fingerprint density at radius 2 is 1.47 bits per heavy atom. The van der Waals surface area contributed by atoms with Crippen LogP contribution >= 0.6 is 0 Å². The van der Waals surface area contributed by atoms with Gasteiger partial charge in [-0.15, -0.1) is 0 Å². The summed E-state index contributed by atoms with van der Waals surface area (Å²) in [6, 6.07) is 0. The van der Waals surface area contributed by atoms with Gasteiger partial charge in [-0.05, 0) is 20.8 Å². The van der Waals surface area contributed by atoms with Gasteiger partial charge in [-0.3, -0.25) is 0 Å². The van der Waals surface area contributed by atoms with Gasteiger partial charge >= 0.3 is 5.92 Å². The van der Waals surface area contributed by atoms with Crippen molar-refractivity contribution in [2.75, 3.05) is 0 Å². The van der Waals surface area contributed by atoms with Crippen LogP contribution in [0.5, 0.6) is 0 Å². The van der Waals surface area contributed by atoms with Crippen molar-refractivity contribution in [3.05, 3.63) is 36.2 Å². The van der Waals surface area contributed by atoms with Crippen molar-refractivity contribution in [3.8, 4) is 0 Å². The molecule has 0 aliphatic heterocycles. The van der Waals surface area contributed by atoms with E-state index in [2.05, 4.69) is 6.58 Å². The summed E-state index contributed by atoms with van der Waals surface area (Å²) >= 11 is 0. The SMILES string of the molecule is C=C(F)/C(=C\C=C/C)C(F)(F)C(C)(C)O.CC.CC. The normalized spacial score (nSPS) is 12.3. The maximum atomic E-state index is 13.5. The van der Waals surface area contributed by atoms with Gasteiger partial charge in [0.05, 0.1) is 5.57 Å². The van der Waals surface area contributed by atoms with Crippen molar-refractivity contribution in [2.45, 2.75) is 60.0 Å². The molecule has 0 amide bonds. The second-order valence-corrected chi connectivity index (χ2v) is 3.64. The summed E-state index contributed by atoms with van der Waals surface area (Å²) in [7, 11) is 0. The van der Waals surface area contributed by atoms with Crippen molar-refractivity contribution in [3.63, 3.8) is 0 Å². The van der Waals surface area contributed by atoms with Gasteiger partial charge in [-0.25, -0.2) is 4.39 Å². The fraction of sp³-hybridized carbons (Fsp3) is 0.600. The summed E-state index contributed by atoms with van der Waals surface area (Å²) in [6.45, 7) is 14.3. The number of alkyl halides is 2. The molecule has 19 heavy (non-hydrogen) atoms. The lowest BCUT2D eigenvalue weighted by Gasteiger charge is -2.30. The van der Waals surface area contributed by atoms with E-state index in [0.29, 0.717) is 0 Å². The predicted molar refractivity (Wildman–Crippen MR) is 77.1 cm³/mol. The summed E-state index contributed by atoms with van der Waals surface area (Å²) in [5, 5.41) is 9.24. The molecule has 1 N–H and O–H groups in total. The van der Waals surface area contributed by atoms with E-state index in [9.17, 15) is 18.3 Å². The summed E-state index contributed by atoms with van der Waals surface area (Å²) < 4.78 is 39.9. The van der Waals surface area contributed by atoms with Crippen LogP contribution in [0, 0.1) is 0 Å². The Morgan fingerprint density at radius 3 is 1.68 bits per heavy atom. The second-order valence-electron chi connectivity index (χ2n) is 3.64. The summed E-state index contributed by atoms with van der Waals surface area (Å²) in [4.78, 5) is 0. The molecule has 0 unspecified atom stereocenters. The summed E-state index contributed by atoms with van der Waals surface area (Å²) in [6.07, 6.45) is 3.64. The lowest BCUT2D eigenvalue weighted by molar-refractivity contribution is -0.134. The molecule has 0 spiro atoms. The van der Waals surface area contributed by atoms with E-state index in [4.69, 9.17) is 0 Å². The van der Waals surface area contributed by atoms with Crippen LogP contribution in [0.3, 0.4) is 0 Å². The third kappa shape index (κ3) is 7.88. The number of halogens is 3. The smallest absolute Gasteiger partial charge is 0.303 e. The van der Waals surface area contributed by atoms with Gasteiger partial charge in [0.15, 0.2) is 0 Å². The molecule has 0 atom stereocenters. The maximum Gasteiger partial charge on any atom is 0.303 e. The van der Waals surface area contributed by atoms with Crippen LogP contribution in [0.4, 0.5) is 13.2 Å². The number of hydrogen-bond donors (Lipinski definition) is 1. The minimum absolute atomic E-state index is 0.903. The van der Waals surface area contributed by atoms with E-state index >= 15 is 0 Å². The van der Waals surface area contributed by atoms with Crippen LogP contribution in [0.2, 0.25) is 0 Å². The average molecular weight is 280 g/mol. The van der Waals surface area contributed by atoms with Gasteiger partial charge in [-0.2, -0.15) is 8.78 Å². The van der Waals surface area contributed by atoms with Crippen molar-refractivity contribution < 1.29 is 18.3 Å². The molecule has 0 rings (SSSR count). The van der Waals surface area contributed by atoms with Gasteiger partial charge in [0.2, 0.25) is 0 Å². The van der Waals surface area contributed by atoms with Crippen LogP contribution < -0.4 is 0 Å². The first-order valence-corrected chi connectivity index (χ1v) is 6.43. The van der Waals surface area contributed by atoms with Gasteiger partial charge in [0.1, 0.15) is 11.4 Å². The first kappa shape index (κ1) is 23.1. The van der Waals surface area contributed by atoms with E-state index in [-0.39, 0.29) is 0 Å². The zero-order chi connectivity index (χ0) is 16.3. The molecule has 0 aliphatic rings. The standard InChI is InChI=1S/C11H15F3O.2C2H6/c1-5-6-7-9(8(2)12)11(13,14)10(3,4)15;2*1-2/h5-7,15H,2H2,1,3-4H3;2*1-2H3/b6-5-,9-7+;;. The highest BCUT2D eigenvalue weighted by molar-refractivity contribution is 5.35. The fourth-order valence-electron chi connectivity index (χ4n) is 0.887. The first-order valence-electron chi connectivity index (χ1n) is 6.43. The molecule has 0 heterocycles. The van der Waals surface area contributed by atoms with Crippen molar-refractivity contribution in [1.29, 1.82) is 0 Å². The molecule has 0 fully saturated rings. The molecular weight excluding hydrogens is 253 g/mol. The third-order valence-electron chi connectivity index (χ3n) is 1.85. The van der Waals surface area contributed by atoms with Gasteiger partial charge in [-0.1, -0.05) is 52.5 Å². The Kier molecular flexibility index (Phi) is 13.2. The quantitative estimate of drug-likeness (QED) is 0.681. The van der Waals surface area contributed by atoms with E-state index in [1.54, 1.807) is 6.92 Å². The highest BCUT2D eigenvalue weighted by atomic mass is 19.3. The molecule has 0 saturated carbocycles. The van der Waals surface area contributed by atoms with E-state index in [0.717, 1.165) is 19.9 Å². The van der Waals surface area contributed by atoms with Crippen LogP contribution in [0.25, 0.3) is 0 Å². The molecule has 0 aliphatic carbocycles. The van der Waals surface area contributed by atoms with E-state index < -0.39 is 22.9 Å². The Bertz CT molecular complexity index is 297. The molecule has 0 bridgehead atoms.